The van der Waals surface area contributed by atoms with Gasteiger partial charge in [0, 0.05) is 33.6 Å². The SMILES string of the molecule is COC(=O)Nc1ccc(-c2nc(C(Cc3ccccc3)c3ccc(-c4cc(Cl)ccc4-n4cnnn4)cn3)[nH]c2Cl)cc1. The topological polar surface area (TPSA) is 124 Å². The highest BCUT2D eigenvalue weighted by atomic mass is 35.5. The van der Waals surface area contributed by atoms with Gasteiger partial charge in [0.2, 0.25) is 0 Å². The Balaban J connectivity index is 1.35. The molecule has 12 heteroatoms. The van der Waals surface area contributed by atoms with Gasteiger partial charge in [0.25, 0.3) is 0 Å². The number of benzene rings is 3. The van der Waals surface area contributed by atoms with Gasteiger partial charge < -0.3 is 9.72 Å². The molecule has 3 heterocycles. The lowest BCUT2D eigenvalue weighted by Crippen LogP contribution is -2.10. The van der Waals surface area contributed by atoms with Gasteiger partial charge in [-0.15, -0.1) is 5.10 Å². The van der Waals surface area contributed by atoms with E-state index < -0.39 is 6.09 Å². The van der Waals surface area contributed by atoms with E-state index in [0.717, 1.165) is 33.6 Å². The molecule has 214 valence electrons. The second kappa shape index (κ2) is 12.4. The normalized spacial score (nSPS) is 11.7. The van der Waals surface area contributed by atoms with Gasteiger partial charge in [-0.3, -0.25) is 10.3 Å². The quantitative estimate of drug-likeness (QED) is 0.190. The van der Waals surface area contributed by atoms with Crippen LogP contribution < -0.4 is 5.32 Å². The lowest BCUT2D eigenvalue weighted by atomic mass is 9.94. The molecular weight excluding hydrogens is 587 g/mol. The summed E-state index contributed by atoms with van der Waals surface area (Å²) in [5.74, 6) is 0.458. The number of hydrogen-bond donors (Lipinski definition) is 2. The maximum Gasteiger partial charge on any atom is 0.411 e. The first-order valence-electron chi connectivity index (χ1n) is 13.2. The molecule has 2 N–H and O–H groups in total. The number of ether oxygens (including phenoxy) is 1. The Morgan fingerprint density at radius 2 is 1.79 bits per heavy atom. The van der Waals surface area contributed by atoms with Crippen LogP contribution in [0.2, 0.25) is 10.2 Å². The predicted octanol–water partition coefficient (Wildman–Crippen LogP) is 6.97. The fourth-order valence-corrected chi connectivity index (χ4v) is 5.20. The zero-order chi connectivity index (χ0) is 29.8. The number of carbonyl (C=O) groups excluding carboxylic acids is 1. The van der Waals surface area contributed by atoms with Crippen molar-refractivity contribution in [2.45, 2.75) is 12.3 Å². The van der Waals surface area contributed by atoms with E-state index in [0.29, 0.717) is 33.8 Å². The number of amides is 1. The second-order valence-electron chi connectivity index (χ2n) is 9.61. The first kappa shape index (κ1) is 28.1. The minimum Gasteiger partial charge on any atom is -0.453 e. The van der Waals surface area contributed by atoms with Crippen LogP contribution in [0, 0.1) is 0 Å². The Hall–Kier alpha value is -5.06. The van der Waals surface area contributed by atoms with E-state index in [4.69, 9.17) is 33.2 Å². The highest BCUT2D eigenvalue weighted by molar-refractivity contribution is 6.32. The van der Waals surface area contributed by atoms with Gasteiger partial charge in [0.15, 0.2) is 0 Å². The zero-order valence-corrected chi connectivity index (χ0v) is 24.3. The molecule has 3 aromatic heterocycles. The summed E-state index contributed by atoms with van der Waals surface area (Å²) in [5.41, 5.74) is 6.40. The number of H-pyrrole nitrogens is 1. The van der Waals surface area contributed by atoms with Gasteiger partial charge in [0.1, 0.15) is 23.0 Å². The molecule has 6 rings (SSSR count). The lowest BCUT2D eigenvalue weighted by molar-refractivity contribution is 0.187. The first-order valence-corrected chi connectivity index (χ1v) is 14.0. The molecule has 0 radical (unpaired) electrons. The van der Waals surface area contributed by atoms with Crippen molar-refractivity contribution >= 4 is 35.0 Å². The minimum absolute atomic E-state index is 0.221. The molecule has 10 nitrogen and oxygen atoms in total. The number of hydrogen-bond acceptors (Lipinski definition) is 7. The average molecular weight is 611 g/mol. The Bertz CT molecular complexity index is 1840. The molecule has 1 unspecified atom stereocenters. The Kier molecular flexibility index (Phi) is 8.12. The Labute approximate surface area is 256 Å². The van der Waals surface area contributed by atoms with Crippen LogP contribution in [0.1, 0.15) is 23.0 Å². The maximum absolute atomic E-state index is 11.5. The van der Waals surface area contributed by atoms with E-state index in [2.05, 4.69) is 42.7 Å². The number of carbonyl (C=O) groups is 1. The lowest BCUT2D eigenvalue weighted by Gasteiger charge is -2.16. The van der Waals surface area contributed by atoms with Gasteiger partial charge in [-0.2, -0.15) is 4.68 Å². The maximum atomic E-state index is 11.5. The van der Waals surface area contributed by atoms with Gasteiger partial charge >= 0.3 is 6.09 Å². The first-order chi connectivity index (χ1) is 21.0. The van der Waals surface area contributed by atoms with E-state index in [-0.39, 0.29) is 5.92 Å². The molecule has 1 amide bonds. The second-order valence-corrected chi connectivity index (χ2v) is 10.4. The number of pyridine rings is 1. The van der Waals surface area contributed by atoms with Gasteiger partial charge in [-0.25, -0.2) is 9.78 Å². The standard InChI is InChI=1S/C31H24Cl2N8O2/c1-43-31(42)36-23-11-7-20(8-12-23)28-29(33)38-30(37-28)25(15-19-5-3-2-4-6-19)26-13-9-21(17-34-26)24-16-22(32)10-14-27(24)41-18-35-39-40-41/h2-14,16-18,25H,15H2,1H3,(H,36,42)(H,37,38). The van der Waals surface area contributed by atoms with Crippen LogP contribution in [0.5, 0.6) is 0 Å². The van der Waals surface area contributed by atoms with Gasteiger partial charge in [0.05, 0.1) is 24.4 Å². The number of halogens is 2. The van der Waals surface area contributed by atoms with Crippen LogP contribution in [0.3, 0.4) is 0 Å². The number of aromatic amines is 1. The summed E-state index contributed by atoms with van der Waals surface area (Å²) < 4.78 is 6.25. The number of anilines is 1. The number of methoxy groups -OCH3 is 1. The van der Waals surface area contributed by atoms with Crippen molar-refractivity contribution in [1.29, 1.82) is 0 Å². The molecule has 43 heavy (non-hydrogen) atoms. The molecule has 0 spiro atoms. The van der Waals surface area contributed by atoms with Crippen LogP contribution in [-0.4, -0.2) is 48.4 Å². The zero-order valence-electron chi connectivity index (χ0n) is 22.8. The molecule has 0 saturated carbocycles. The summed E-state index contributed by atoms with van der Waals surface area (Å²) in [4.78, 5) is 24.6. The van der Waals surface area contributed by atoms with Crippen LogP contribution >= 0.6 is 23.2 Å². The van der Waals surface area contributed by atoms with Gasteiger partial charge in [-0.05, 0) is 58.8 Å². The van der Waals surface area contributed by atoms with Crippen LogP contribution in [0.25, 0.3) is 28.1 Å². The van der Waals surface area contributed by atoms with Crippen LogP contribution in [0.15, 0.2) is 97.5 Å². The van der Waals surface area contributed by atoms with Crippen molar-refractivity contribution in [3.05, 3.63) is 125 Å². The summed E-state index contributed by atoms with van der Waals surface area (Å²) in [6.45, 7) is 0. The molecule has 6 aromatic rings. The number of nitrogens with zero attached hydrogens (tertiary/aromatic N) is 6. The third kappa shape index (κ3) is 6.25. The summed E-state index contributed by atoms with van der Waals surface area (Å²) in [5, 5.41) is 15.2. The van der Waals surface area contributed by atoms with Crippen molar-refractivity contribution in [2.24, 2.45) is 0 Å². The fraction of sp³-hybridized carbons (Fsp3) is 0.0968. The molecule has 0 saturated heterocycles. The Morgan fingerprint density at radius 3 is 2.49 bits per heavy atom. The van der Waals surface area contributed by atoms with E-state index >= 15 is 0 Å². The van der Waals surface area contributed by atoms with E-state index in [1.165, 1.54) is 13.4 Å². The molecule has 0 aliphatic rings. The molecule has 0 bridgehead atoms. The average Bonchev–Trinajstić information content (AvgIpc) is 3.71. The summed E-state index contributed by atoms with van der Waals surface area (Å²) in [6, 6.07) is 26.8. The molecular formula is C31H24Cl2N8O2. The molecule has 3 aromatic carbocycles. The van der Waals surface area contributed by atoms with Crippen LogP contribution in [-0.2, 0) is 11.2 Å². The molecule has 1 atom stereocenters. The van der Waals surface area contributed by atoms with Crippen LogP contribution in [0.4, 0.5) is 10.5 Å². The molecule has 0 aliphatic carbocycles. The Morgan fingerprint density at radius 1 is 1.00 bits per heavy atom. The van der Waals surface area contributed by atoms with Crippen molar-refractivity contribution in [2.75, 3.05) is 12.4 Å². The summed E-state index contributed by atoms with van der Waals surface area (Å²) in [6.07, 6.45) is 3.44. The van der Waals surface area contributed by atoms with Crippen molar-refractivity contribution in [3.63, 3.8) is 0 Å². The van der Waals surface area contributed by atoms with Crippen molar-refractivity contribution < 1.29 is 9.53 Å². The summed E-state index contributed by atoms with van der Waals surface area (Å²) >= 11 is 13.0. The third-order valence-electron chi connectivity index (χ3n) is 6.89. The monoisotopic (exact) mass is 610 g/mol. The van der Waals surface area contributed by atoms with E-state index in [9.17, 15) is 4.79 Å². The van der Waals surface area contributed by atoms with E-state index in [1.54, 1.807) is 22.9 Å². The highest BCUT2D eigenvalue weighted by Crippen LogP contribution is 2.34. The summed E-state index contributed by atoms with van der Waals surface area (Å²) in [7, 11) is 1.31. The predicted molar refractivity (Wildman–Crippen MR) is 164 cm³/mol. The van der Waals surface area contributed by atoms with E-state index in [1.807, 2.05) is 60.8 Å². The largest absolute Gasteiger partial charge is 0.453 e. The smallest absolute Gasteiger partial charge is 0.411 e. The number of imidazole rings is 1. The number of tetrazole rings is 1. The molecule has 0 fully saturated rings. The number of rotatable bonds is 8. The van der Waals surface area contributed by atoms with Crippen molar-refractivity contribution in [1.82, 2.24) is 35.2 Å². The fourth-order valence-electron chi connectivity index (χ4n) is 4.78. The van der Waals surface area contributed by atoms with Gasteiger partial charge in [-0.1, -0.05) is 71.7 Å². The number of nitrogens with one attached hydrogen (secondary N) is 2. The molecule has 0 aliphatic heterocycles. The highest BCUT2D eigenvalue weighted by Gasteiger charge is 2.23. The number of aromatic nitrogens is 7. The van der Waals surface area contributed by atoms with Crippen molar-refractivity contribution in [3.8, 4) is 28.1 Å². The third-order valence-corrected chi connectivity index (χ3v) is 7.40. The minimum atomic E-state index is -0.544.